The standard InChI is InChI=1S/2C27H36N2O6.CH2O2.BrH/c2*1-32-22-6-4-20(5-7-22)8-12-27(31,24-3-2-16-33-24)26(30)28-23-19-29(13-9-21(23)10-14-29)15-11-25-34-17-18-35-25;2-1-3;/h2*2-7,16,21,23,25,31H,8-15,17-19H2,1H3;1H,(H,2,3);1H/t2*21?,23-,27?,29?;;/m00../s1. The van der Waals surface area contributed by atoms with Gasteiger partial charge in [-0.3, -0.25) is 9.59 Å². The largest absolute Gasteiger partial charge is 1.00 e. The van der Waals surface area contributed by atoms with Crippen LogP contribution in [0.1, 0.15) is 74.0 Å². The number of carboxylic acid groups (broad SMARTS) is 1. The molecule has 2 amide bonds. The number of furan rings is 2. The third kappa shape index (κ3) is 14.0. The van der Waals surface area contributed by atoms with E-state index >= 15 is 0 Å². The van der Waals surface area contributed by atoms with Crippen LogP contribution in [-0.4, -0.2) is 155 Å². The van der Waals surface area contributed by atoms with Gasteiger partial charge in [-0.2, -0.15) is 0 Å². The van der Waals surface area contributed by atoms with Gasteiger partial charge in [0.2, 0.25) is 11.2 Å². The predicted molar refractivity (Wildman–Crippen MR) is 263 cm³/mol. The zero-order valence-electron chi connectivity index (χ0n) is 42.7. The maximum absolute atomic E-state index is 13.6. The number of methoxy groups -OCH3 is 2. The van der Waals surface area contributed by atoms with Crippen LogP contribution < -0.4 is 42.2 Å². The van der Waals surface area contributed by atoms with Gasteiger partial charge in [-0.15, -0.1) is 0 Å². The Morgan fingerprint density at radius 3 is 1.30 bits per heavy atom. The van der Waals surface area contributed by atoms with Crippen LogP contribution in [0, 0.1) is 11.8 Å². The number of ether oxygens (including phenoxy) is 6. The number of carbonyl (C=O) groups is 3. The first-order valence-corrected chi connectivity index (χ1v) is 26.0. The fourth-order valence-electron chi connectivity index (χ4n) is 12.0. The molecule has 0 radical (unpaired) electrons. The van der Waals surface area contributed by atoms with Crippen molar-refractivity contribution >= 4 is 18.3 Å². The summed E-state index contributed by atoms with van der Waals surface area (Å²) in [5.41, 5.74) is -1.42. The van der Waals surface area contributed by atoms with Crippen LogP contribution in [0.2, 0.25) is 0 Å². The lowest BCUT2D eigenvalue weighted by Crippen LogP contribution is -3.00. The molecule has 8 saturated heterocycles. The summed E-state index contributed by atoms with van der Waals surface area (Å²) in [6.07, 6.45) is 10.4. The first-order valence-electron chi connectivity index (χ1n) is 26.0. The lowest BCUT2D eigenvalue weighted by Gasteiger charge is -2.53. The van der Waals surface area contributed by atoms with Gasteiger partial charge in [-0.05, 0) is 97.2 Å². The van der Waals surface area contributed by atoms with Crippen LogP contribution in [-0.2, 0) is 57.4 Å². The fraction of sp³-hybridized carbons (Fsp3) is 0.582. The highest BCUT2D eigenvalue weighted by Crippen LogP contribution is 2.38. The van der Waals surface area contributed by atoms with Crippen molar-refractivity contribution in [1.29, 1.82) is 0 Å². The fourth-order valence-corrected chi connectivity index (χ4v) is 12.0. The number of nitrogens with zero attached hydrogens (tertiary/aromatic N) is 2. The smallest absolute Gasteiger partial charge is 0.260 e. The number of nitrogens with one attached hydrogen (secondary N) is 2. The van der Waals surface area contributed by atoms with E-state index in [0.29, 0.717) is 51.1 Å². The number of hydrogen-bond donors (Lipinski definition) is 4. The molecule has 2 aromatic heterocycles. The average molecular weight is 1100 g/mol. The Morgan fingerprint density at radius 1 is 0.635 bits per heavy atom. The van der Waals surface area contributed by atoms with Crippen molar-refractivity contribution in [3.8, 4) is 11.5 Å². The number of aryl methyl sites for hydroxylation is 2. The summed E-state index contributed by atoms with van der Waals surface area (Å²) in [7, 11) is 3.26. The van der Waals surface area contributed by atoms with E-state index in [2.05, 4.69) is 10.6 Å². The highest BCUT2D eigenvalue weighted by atomic mass is 79.9. The molecule has 2 unspecified atom stereocenters. The number of amides is 2. The van der Waals surface area contributed by atoms with Crippen molar-refractivity contribution in [2.75, 3.05) is 93.0 Å². The Morgan fingerprint density at radius 2 is 0.986 bits per heavy atom. The van der Waals surface area contributed by atoms with Crippen LogP contribution in [0.5, 0.6) is 11.5 Å². The summed E-state index contributed by atoms with van der Waals surface area (Å²) in [5, 5.41) is 38.0. The second-order valence-electron chi connectivity index (χ2n) is 20.6. The molecule has 8 aliphatic heterocycles. The van der Waals surface area contributed by atoms with Crippen LogP contribution >= 0.6 is 0 Å². The first kappa shape index (κ1) is 56.9. The van der Waals surface area contributed by atoms with Crippen molar-refractivity contribution < 1.29 is 92.9 Å². The van der Waals surface area contributed by atoms with Gasteiger partial charge in [0, 0.05) is 45.0 Å². The molecule has 8 aliphatic rings. The second kappa shape index (κ2) is 26.3. The molecule has 10 heterocycles. The summed E-state index contributed by atoms with van der Waals surface area (Å²) in [5.74, 6) is 2.26. The number of piperidine rings is 6. The minimum Gasteiger partial charge on any atom is -1.00 e. The highest BCUT2D eigenvalue weighted by Gasteiger charge is 2.51. The van der Waals surface area contributed by atoms with Crippen LogP contribution in [0.15, 0.2) is 94.2 Å². The molecule has 18 nitrogen and oxygen atoms in total. The zero-order valence-corrected chi connectivity index (χ0v) is 44.3. The molecule has 2 aromatic carbocycles. The van der Waals surface area contributed by atoms with E-state index in [9.17, 15) is 19.8 Å². The van der Waals surface area contributed by atoms with E-state index in [-0.39, 0.29) is 77.8 Å². The molecule has 4 aromatic rings. The van der Waals surface area contributed by atoms with Gasteiger partial charge in [0.25, 0.3) is 11.8 Å². The summed E-state index contributed by atoms with van der Waals surface area (Å²) >= 11 is 0. The number of carbonyl (C=O) groups excluding carboxylic acids is 3. The normalized spacial score (nSPS) is 26.7. The first-order chi connectivity index (χ1) is 35.4. The molecule has 4 bridgehead atoms. The van der Waals surface area contributed by atoms with E-state index in [1.54, 1.807) is 38.5 Å². The number of quaternary nitrogens is 2. The van der Waals surface area contributed by atoms with Gasteiger partial charge in [-0.1, -0.05) is 24.3 Å². The quantitative estimate of drug-likeness (QED) is 0.0703. The van der Waals surface area contributed by atoms with E-state index in [4.69, 9.17) is 47.2 Å². The van der Waals surface area contributed by atoms with E-state index in [0.717, 1.165) is 122 Å². The van der Waals surface area contributed by atoms with Crippen molar-refractivity contribution in [1.82, 2.24) is 10.6 Å². The molecular weight excluding hydrogens is 1020 g/mol. The van der Waals surface area contributed by atoms with Gasteiger partial charge in [0.1, 0.15) is 23.0 Å². The average Bonchev–Trinajstić information content (AvgIpc) is 4.30. The Labute approximate surface area is 444 Å². The van der Waals surface area contributed by atoms with Crippen molar-refractivity contribution in [2.24, 2.45) is 11.8 Å². The number of halogens is 1. The number of fused-ring (bicyclic) bond motifs is 6. The van der Waals surface area contributed by atoms with Crippen LogP contribution in [0.3, 0.4) is 0 Å². The lowest BCUT2D eigenvalue weighted by molar-refractivity contribution is -0.944. The van der Waals surface area contributed by atoms with Gasteiger partial charge < -0.3 is 94.0 Å². The Bertz CT molecular complexity index is 2150. The molecule has 0 saturated carbocycles. The molecule has 8 fully saturated rings. The van der Waals surface area contributed by atoms with Gasteiger partial charge in [0.15, 0.2) is 12.6 Å². The summed E-state index contributed by atoms with van der Waals surface area (Å²) in [6, 6.07) is 22.2. The second-order valence-corrected chi connectivity index (χ2v) is 20.6. The SMILES string of the molecule is COc1ccc(CCC(O)(C(=O)N[C@H]2C[N+]3(CCC4OCCO4)CCC2CC3)c2ccco2)cc1.COc1ccc(CCC(O)(C(=O)N[C@H]2C[N+]3(CCC4OCCO4)CCC2CC3)c2ccco2)cc1.O=C[O-].[Br-]. The molecule has 4 N–H and O–H groups in total. The number of hydrogen-bond acceptors (Lipinski definition) is 14. The van der Waals surface area contributed by atoms with Crippen molar-refractivity contribution in [3.05, 3.63) is 108 Å². The number of rotatable bonds is 20. The predicted octanol–water partition coefficient (Wildman–Crippen LogP) is 0.564. The number of benzene rings is 2. The van der Waals surface area contributed by atoms with Gasteiger partial charge in [0.05, 0.1) is 118 Å². The minimum absolute atomic E-state index is 0. The zero-order chi connectivity index (χ0) is 51.3. The van der Waals surface area contributed by atoms with E-state index in [1.165, 1.54) is 12.5 Å². The van der Waals surface area contributed by atoms with Gasteiger partial charge >= 0.3 is 0 Å². The number of aliphatic hydroxyl groups is 2. The Balaban J connectivity index is 0.000000203. The summed E-state index contributed by atoms with van der Waals surface area (Å²) in [6.45, 7) is 10.5. The molecule has 4 atom stereocenters. The van der Waals surface area contributed by atoms with Gasteiger partial charge in [-0.25, -0.2) is 0 Å². The molecule has 0 aliphatic carbocycles. The topological polar surface area (TPSA) is 220 Å². The summed E-state index contributed by atoms with van der Waals surface area (Å²) in [4.78, 5) is 35.5. The van der Waals surface area contributed by atoms with Crippen molar-refractivity contribution in [2.45, 2.75) is 100 Å². The Kier molecular flexibility index (Phi) is 20.2. The monoisotopic (exact) mass is 1090 g/mol. The molecule has 12 rings (SSSR count). The maximum Gasteiger partial charge on any atom is 0.260 e. The third-order valence-corrected chi connectivity index (χ3v) is 16.4. The lowest BCUT2D eigenvalue weighted by atomic mass is 9.80. The van der Waals surface area contributed by atoms with Crippen molar-refractivity contribution in [3.63, 3.8) is 0 Å². The Hall–Kier alpha value is -4.83. The van der Waals surface area contributed by atoms with Crippen LogP contribution in [0.25, 0.3) is 0 Å². The molecule has 406 valence electrons. The molecule has 0 spiro atoms. The molecular formula is C55H75BrN4O14. The molecule has 74 heavy (non-hydrogen) atoms. The van der Waals surface area contributed by atoms with Crippen LogP contribution in [0.4, 0.5) is 0 Å². The third-order valence-electron chi connectivity index (χ3n) is 16.4. The van der Waals surface area contributed by atoms with E-state index in [1.807, 2.05) is 48.5 Å². The minimum atomic E-state index is -1.73. The molecule has 19 heteroatoms. The van der Waals surface area contributed by atoms with E-state index < -0.39 is 17.7 Å². The highest BCUT2D eigenvalue weighted by molar-refractivity contribution is 5.86. The summed E-state index contributed by atoms with van der Waals surface area (Å²) < 4.78 is 46.1. The maximum atomic E-state index is 13.6.